The van der Waals surface area contributed by atoms with Gasteiger partial charge in [0.1, 0.15) is 0 Å². The first-order valence-electron chi connectivity index (χ1n) is 4.84. The van der Waals surface area contributed by atoms with E-state index in [1.807, 2.05) is 20.8 Å². The molecule has 0 aliphatic carbocycles. The number of ether oxygens (including phenoxy) is 1. The molecule has 14 heavy (non-hydrogen) atoms. The van der Waals surface area contributed by atoms with Crippen molar-refractivity contribution in [3.05, 3.63) is 23.9 Å². The number of aromatic nitrogens is 1. The van der Waals surface area contributed by atoms with Gasteiger partial charge in [0.25, 0.3) is 0 Å². The molecule has 0 aromatic carbocycles. The highest BCUT2D eigenvalue weighted by molar-refractivity contribution is 5.96. The quantitative estimate of drug-likeness (QED) is 0.696. The number of hydrogen-bond acceptors (Lipinski definition) is 3. The number of nitrogens with zero attached hydrogens (tertiary/aromatic N) is 1. The molecule has 1 rings (SSSR count). The lowest BCUT2D eigenvalue weighted by Crippen LogP contribution is -2.01. The fourth-order valence-electron chi connectivity index (χ4n) is 0.910. The maximum atomic E-state index is 11.0. The van der Waals surface area contributed by atoms with E-state index in [2.05, 4.69) is 4.98 Å². The third kappa shape index (κ3) is 3.56. The summed E-state index contributed by atoms with van der Waals surface area (Å²) < 4.78 is 5.17. The second kappa shape index (κ2) is 7.06. The van der Waals surface area contributed by atoms with Crippen molar-refractivity contribution in [2.45, 2.75) is 27.7 Å². The summed E-state index contributed by atoms with van der Waals surface area (Å²) in [4.78, 5) is 15.0. The van der Waals surface area contributed by atoms with Gasteiger partial charge >= 0.3 is 0 Å². The van der Waals surface area contributed by atoms with Crippen LogP contribution in [0.2, 0.25) is 0 Å². The van der Waals surface area contributed by atoms with E-state index < -0.39 is 0 Å². The molecule has 0 atom stereocenters. The topological polar surface area (TPSA) is 39.2 Å². The summed E-state index contributed by atoms with van der Waals surface area (Å²) in [5.41, 5.74) is 0.541. The molecule has 3 nitrogen and oxygen atoms in total. The van der Waals surface area contributed by atoms with Gasteiger partial charge in [0, 0.05) is 6.20 Å². The number of pyridine rings is 1. The van der Waals surface area contributed by atoms with Crippen molar-refractivity contribution in [2.75, 3.05) is 6.61 Å². The van der Waals surface area contributed by atoms with Crippen LogP contribution in [-0.4, -0.2) is 17.4 Å². The predicted octanol–water partition coefficient (Wildman–Crippen LogP) is 2.71. The predicted molar refractivity (Wildman–Crippen MR) is 56.8 cm³/mol. The second-order valence-electron chi connectivity index (χ2n) is 2.35. The summed E-state index contributed by atoms with van der Waals surface area (Å²) in [5, 5.41) is 0. The first kappa shape index (κ1) is 12.6. The van der Waals surface area contributed by atoms with Crippen molar-refractivity contribution < 1.29 is 9.53 Å². The van der Waals surface area contributed by atoms with Gasteiger partial charge in [-0.05, 0) is 26.0 Å². The zero-order valence-electron chi connectivity index (χ0n) is 9.20. The van der Waals surface area contributed by atoms with Gasteiger partial charge in [-0.15, -0.1) is 0 Å². The van der Waals surface area contributed by atoms with Crippen LogP contribution < -0.4 is 4.74 Å². The van der Waals surface area contributed by atoms with Crippen molar-refractivity contribution in [2.24, 2.45) is 0 Å². The van der Waals surface area contributed by atoms with E-state index in [0.29, 0.717) is 18.1 Å². The molecule has 0 aliphatic heterocycles. The molecule has 78 valence electrons. The van der Waals surface area contributed by atoms with Crippen molar-refractivity contribution in [3.63, 3.8) is 0 Å². The molecule has 0 saturated carbocycles. The number of rotatable bonds is 3. The minimum atomic E-state index is -0.0217. The Morgan fingerprint density at radius 1 is 1.50 bits per heavy atom. The van der Waals surface area contributed by atoms with Crippen LogP contribution in [0, 0.1) is 0 Å². The first-order valence-corrected chi connectivity index (χ1v) is 4.84. The highest BCUT2D eigenvalue weighted by atomic mass is 16.5. The van der Waals surface area contributed by atoms with E-state index in [4.69, 9.17) is 4.74 Å². The van der Waals surface area contributed by atoms with Crippen molar-refractivity contribution in [1.82, 2.24) is 4.98 Å². The van der Waals surface area contributed by atoms with Gasteiger partial charge in [0.2, 0.25) is 5.88 Å². The Balaban J connectivity index is 0.000000791. The average Bonchev–Trinajstić information content (AvgIpc) is 2.22. The fourth-order valence-corrected chi connectivity index (χ4v) is 0.910. The summed E-state index contributed by atoms with van der Waals surface area (Å²) in [7, 11) is 0. The minimum absolute atomic E-state index is 0.0217. The molecule has 0 amide bonds. The van der Waals surface area contributed by atoms with Crippen molar-refractivity contribution in [1.29, 1.82) is 0 Å². The molecule has 1 heterocycles. The van der Waals surface area contributed by atoms with Crippen LogP contribution >= 0.6 is 0 Å². The largest absolute Gasteiger partial charge is 0.477 e. The molecule has 0 fully saturated rings. The Labute approximate surface area is 85.1 Å². The molecule has 0 aliphatic rings. The van der Waals surface area contributed by atoms with Gasteiger partial charge in [-0.3, -0.25) is 4.79 Å². The van der Waals surface area contributed by atoms with Crippen molar-refractivity contribution >= 4 is 5.78 Å². The van der Waals surface area contributed by atoms with Crippen molar-refractivity contribution in [3.8, 4) is 5.88 Å². The Morgan fingerprint density at radius 3 is 2.64 bits per heavy atom. The Kier molecular flexibility index (Phi) is 6.37. The number of carbonyl (C=O) groups is 1. The van der Waals surface area contributed by atoms with Crippen LogP contribution in [0.15, 0.2) is 18.3 Å². The highest BCUT2D eigenvalue weighted by Crippen LogP contribution is 2.14. The van der Waals surface area contributed by atoms with E-state index in [1.165, 1.54) is 6.92 Å². The van der Waals surface area contributed by atoms with E-state index in [1.54, 1.807) is 18.3 Å². The van der Waals surface area contributed by atoms with Gasteiger partial charge in [0.15, 0.2) is 5.78 Å². The molecule has 1 aromatic heterocycles. The summed E-state index contributed by atoms with van der Waals surface area (Å²) in [5.74, 6) is 0.402. The van der Waals surface area contributed by atoms with Gasteiger partial charge in [-0.25, -0.2) is 4.98 Å². The summed E-state index contributed by atoms with van der Waals surface area (Å²) in [6.07, 6.45) is 1.61. The van der Waals surface area contributed by atoms with Gasteiger partial charge in [-0.1, -0.05) is 13.8 Å². The monoisotopic (exact) mass is 195 g/mol. The Bertz CT molecular complexity index is 284. The zero-order chi connectivity index (χ0) is 11.0. The van der Waals surface area contributed by atoms with E-state index in [-0.39, 0.29) is 5.78 Å². The molecule has 0 spiro atoms. The molecule has 0 unspecified atom stereocenters. The third-order valence-corrected chi connectivity index (χ3v) is 1.43. The third-order valence-electron chi connectivity index (χ3n) is 1.43. The van der Waals surface area contributed by atoms with E-state index in [0.717, 1.165) is 0 Å². The summed E-state index contributed by atoms with van der Waals surface area (Å²) >= 11 is 0. The lowest BCUT2D eigenvalue weighted by Gasteiger charge is -2.04. The number of carbonyl (C=O) groups excluding carboxylic acids is 1. The minimum Gasteiger partial charge on any atom is -0.477 e. The molecule has 3 heteroatoms. The van der Waals surface area contributed by atoms with Gasteiger partial charge < -0.3 is 4.74 Å². The molecule has 0 radical (unpaired) electrons. The molecule has 1 aromatic rings. The molecule has 0 bridgehead atoms. The van der Waals surface area contributed by atoms with Gasteiger partial charge in [-0.2, -0.15) is 0 Å². The number of hydrogen-bond donors (Lipinski definition) is 0. The Morgan fingerprint density at radius 2 is 2.14 bits per heavy atom. The maximum absolute atomic E-state index is 11.0. The van der Waals surface area contributed by atoms with Crippen LogP contribution in [0.1, 0.15) is 38.1 Å². The van der Waals surface area contributed by atoms with Crippen LogP contribution in [0.3, 0.4) is 0 Å². The van der Waals surface area contributed by atoms with Crippen LogP contribution in [0.25, 0.3) is 0 Å². The number of Topliss-reactive ketones (excluding diaryl/α,β-unsaturated/α-hetero) is 1. The summed E-state index contributed by atoms with van der Waals surface area (Å²) in [6.45, 7) is 7.88. The van der Waals surface area contributed by atoms with E-state index >= 15 is 0 Å². The Hall–Kier alpha value is -1.38. The maximum Gasteiger partial charge on any atom is 0.224 e. The molecule has 0 N–H and O–H groups in total. The average molecular weight is 195 g/mol. The highest BCUT2D eigenvalue weighted by Gasteiger charge is 2.07. The summed E-state index contributed by atoms with van der Waals surface area (Å²) in [6, 6.07) is 3.43. The van der Waals surface area contributed by atoms with Crippen LogP contribution in [0.4, 0.5) is 0 Å². The number of ketones is 1. The lowest BCUT2D eigenvalue weighted by atomic mass is 10.2. The van der Waals surface area contributed by atoms with Crippen LogP contribution in [-0.2, 0) is 0 Å². The molecular weight excluding hydrogens is 178 g/mol. The standard InChI is InChI=1S/C9H11NO2.C2H6/c1-3-12-9-8(7(2)11)5-4-6-10-9;1-2/h4-6H,3H2,1-2H3;1-2H3. The van der Waals surface area contributed by atoms with Gasteiger partial charge in [0.05, 0.1) is 12.2 Å². The molecular formula is C11H17NO2. The lowest BCUT2D eigenvalue weighted by molar-refractivity contribution is 0.101. The zero-order valence-corrected chi connectivity index (χ0v) is 9.20. The molecule has 0 saturated heterocycles. The normalized spacial score (nSPS) is 8.57. The van der Waals surface area contributed by atoms with E-state index in [9.17, 15) is 4.79 Å². The fraction of sp³-hybridized carbons (Fsp3) is 0.455. The SMILES string of the molecule is CC.CCOc1ncccc1C(C)=O. The smallest absolute Gasteiger partial charge is 0.224 e. The second-order valence-corrected chi connectivity index (χ2v) is 2.35. The first-order chi connectivity index (χ1) is 6.75. The van der Waals surface area contributed by atoms with Crippen LogP contribution in [0.5, 0.6) is 5.88 Å².